The smallest absolute Gasteiger partial charge is 0.277 e. The number of fused-ring (bicyclic) bond motifs is 1. The topological polar surface area (TPSA) is 99.6 Å². The third-order valence-electron chi connectivity index (χ3n) is 6.29. The van der Waals surface area contributed by atoms with Crippen molar-refractivity contribution in [3.05, 3.63) is 54.5 Å². The molecule has 3 aromatic rings. The molecule has 0 radical (unpaired) electrons. The van der Waals surface area contributed by atoms with Crippen LogP contribution in [0.25, 0.3) is 0 Å². The van der Waals surface area contributed by atoms with Crippen molar-refractivity contribution in [1.29, 1.82) is 0 Å². The lowest BCUT2D eigenvalue weighted by Gasteiger charge is -2.37. The van der Waals surface area contributed by atoms with Gasteiger partial charge in [0.2, 0.25) is 5.95 Å². The van der Waals surface area contributed by atoms with E-state index in [1.54, 1.807) is 38.4 Å². The van der Waals surface area contributed by atoms with Crippen LogP contribution in [0.15, 0.2) is 48.9 Å². The lowest BCUT2D eigenvalue weighted by atomic mass is 10.1. The van der Waals surface area contributed by atoms with Crippen molar-refractivity contribution in [3.63, 3.8) is 0 Å². The molecule has 10 nitrogen and oxygen atoms in total. The first-order valence-corrected chi connectivity index (χ1v) is 11.9. The molecule has 0 atom stereocenters. The first kappa shape index (κ1) is 23.1. The zero-order valence-electron chi connectivity index (χ0n) is 20.3. The molecule has 1 N–H and O–H groups in total. The second kappa shape index (κ2) is 9.55. The first-order valence-electron chi connectivity index (χ1n) is 11.9. The number of ether oxygens (including phenoxy) is 1. The van der Waals surface area contributed by atoms with Crippen molar-refractivity contribution in [3.8, 4) is 5.75 Å². The highest BCUT2D eigenvalue weighted by Gasteiger charge is 2.43. The Balaban J connectivity index is 1.32. The van der Waals surface area contributed by atoms with Crippen LogP contribution in [0.1, 0.15) is 26.3 Å². The molecule has 1 fully saturated rings. The van der Waals surface area contributed by atoms with Gasteiger partial charge in [-0.3, -0.25) is 9.69 Å². The van der Waals surface area contributed by atoms with Gasteiger partial charge in [0, 0.05) is 45.1 Å². The summed E-state index contributed by atoms with van der Waals surface area (Å²) in [5, 5.41) is 3.14. The highest BCUT2D eigenvalue weighted by atomic mass is 16.5. The number of amides is 1. The van der Waals surface area contributed by atoms with Gasteiger partial charge in [-0.2, -0.15) is 4.98 Å². The number of hydrogen-bond donors (Lipinski definition) is 1. The molecule has 0 aliphatic carbocycles. The molecule has 5 heterocycles. The highest BCUT2D eigenvalue weighted by molar-refractivity contribution is 6.06. The van der Waals surface area contributed by atoms with E-state index in [2.05, 4.69) is 48.0 Å². The summed E-state index contributed by atoms with van der Waals surface area (Å²) in [4.78, 5) is 37.4. The number of aromatic nitrogens is 4. The minimum atomic E-state index is -1.07. The average molecular weight is 475 g/mol. The van der Waals surface area contributed by atoms with Crippen LogP contribution in [0.3, 0.4) is 0 Å². The van der Waals surface area contributed by atoms with Crippen molar-refractivity contribution in [1.82, 2.24) is 29.7 Å². The van der Waals surface area contributed by atoms with Crippen LogP contribution < -0.4 is 15.0 Å². The fraction of sp³-hybridized carbons (Fsp3) is 0.400. The molecule has 2 aliphatic rings. The molecule has 0 spiro atoms. The van der Waals surface area contributed by atoms with E-state index in [4.69, 9.17) is 4.74 Å². The number of hydrogen-bond acceptors (Lipinski definition) is 9. The molecule has 2 aliphatic heterocycles. The molecule has 3 aromatic heterocycles. The third-order valence-corrected chi connectivity index (χ3v) is 6.29. The van der Waals surface area contributed by atoms with Gasteiger partial charge in [-0.25, -0.2) is 19.9 Å². The van der Waals surface area contributed by atoms with Crippen LogP contribution in [-0.4, -0.2) is 74.0 Å². The molecule has 0 aromatic carbocycles. The molecule has 182 valence electrons. The number of anilines is 4. The Morgan fingerprint density at radius 1 is 1.00 bits per heavy atom. The minimum absolute atomic E-state index is 0.254. The van der Waals surface area contributed by atoms with Crippen LogP contribution in [-0.2, 0) is 11.3 Å². The summed E-state index contributed by atoms with van der Waals surface area (Å²) in [7, 11) is 0. The number of nitrogens with zero attached hydrogens (tertiary/aromatic N) is 7. The molecule has 0 unspecified atom stereocenters. The van der Waals surface area contributed by atoms with Crippen LogP contribution in [0.2, 0.25) is 0 Å². The van der Waals surface area contributed by atoms with Crippen molar-refractivity contribution in [2.75, 3.05) is 42.9 Å². The Morgan fingerprint density at radius 3 is 2.49 bits per heavy atom. The predicted molar refractivity (Wildman–Crippen MR) is 133 cm³/mol. The second-order valence-electron chi connectivity index (χ2n) is 9.21. The maximum absolute atomic E-state index is 13.2. The quantitative estimate of drug-likeness (QED) is 0.578. The van der Waals surface area contributed by atoms with E-state index < -0.39 is 5.60 Å². The largest absolute Gasteiger partial charge is 0.472 e. The van der Waals surface area contributed by atoms with Gasteiger partial charge in [-0.05, 0) is 44.2 Å². The summed E-state index contributed by atoms with van der Waals surface area (Å²) < 4.78 is 5.90. The van der Waals surface area contributed by atoms with Crippen LogP contribution >= 0.6 is 0 Å². The average Bonchev–Trinajstić information content (AvgIpc) is 2.87. The fourth-order valence-electron chi connectivity index (χ4n) is 4.27. The van der Waals surface area contributed by atoms with Crippen molar-refractivity contribution >= 4 is 29.3 Å². The second-order valence-corrected chi connectivity index (χ2v) is 9.21. The predicted octanol–water partition coefficient (Wildman–Crippen LogP) is 2.98. The third kappa shape index (κ3) is 4.94. The van der Waals surface area contributed by atoms with Crippen LogP contribution in [0, 0.1) is 0 Å². The Morgan fingerprint density at radius 2 is 1.80 bits per heavy atom. The van der Waals surface area contributed by atoms with Crippen molar-refractivity contribution in [2.45, 2.75) is 32.9 Å². The normalized spacial score (nSPS) is 18.1. The van der Waals surface area contributed by atoms with Gasteiger partial charge in [0.15, 0.2) is 17.2 Å². The number of pyridine rings is 2. The summed E-state index contributed by atoms with van der Waals surface area (Å²) in [6.07, 6.45) is 5.08. The number of carbonyl (C=O) groups excluding carboxylic acids is 1. The van der Waals surface area contributed by atoms with Crippen LogP contribution in [0.4, 0.5) is 23.4 Å². The van der Waals surface area contributed by atoms with E-state index in [0.29, 0.717) is 29.2 Å². The lowest BCUT2D eigenvalue weighted by Crippen LogP contribution is -2.51. The van der Waals surface area contributed by atoms with E-state index in [0.717, 1.165) is 44.8 Å². The Labute approximate surface area is 205 Å². The van der Waals surface area contributed by atoms with Gasteiger partial charge in [0.05, 0.1) is 6.20 Å². The van der Waals surface area contributed by atoms with E-state index in [1.165, 1.54) is 4.90 Å². The maximum atomic E-state index is 13.2. The van der Waals surface area contributed by atoms with Gasteiger partial charge in [-0.15, -0.1) is 0 Å². The molecule has 1 amide bonds. The monoisotopic (exact) mass is 474 g/mol. The molecule has 1 saturated heterocycles. The van der Waals surface area contributed by atoms with Crippen LogP contribution in [0.5, 0.6) is 5.75 Å². The van der Waals surface area contributed by atoms with Gasteiger partial charge in [0.25, 0.3) is 5.91 Å². The number of likely N-dealkylation sites (N-methyl/N-ethyl adjacent to an activating group) is 1. The standard InChI is InChI=1S/C25H30N8O2/c1-4-31-11-13-32(14-12-31)17-18-8-9-20(27-15-18)29-24-28-16-19-22(30-24)33(21-7-5-6-10-26-21)23(34)25(2,3)35-19/h5-10,15-16H,4,11-14,17H2,1-3H3,(H,27,28,29,30). The summed E-state index contributed by atoms with van der Waals surface area (Å²) in [5.41, 5.74) is 0.0954. The summed E-state index contributed by atoms with van der Waals surface area (Å²) in [5.74, 6) is 1.91. The van der Waals surface area contributed by atoms with Crippen molar-refractivity contribution < 1.29 is 9.53 Å². The summed E-state index contributed by atoms with van der Waals surface area (Å²) in [6.45, 7) is 12.0. The molecular formula is C25H30N8O2. The van der Waals surface area contributed by atoms with E-state index >= 15 is 0 Å². The maximum Gasteiger partial charge on any atom is 0.277 e. The summed E-state index contributed by atoms with van der Waals surface area (Å²) >= 11 is 0. The zero-order chi connectivity index (χ0) is 24.4. The number of rotatable bonds is 6. The van der Waals surface area contributed by atoms with E-state index in [9.17, 15) is 4.79 Å². The highest BCUT2D eigenvalue weighted by Crippen LogP contribution is 2.40. The SMILES string of the molecule is CCN1CCN(Cc2ccc(Nc3ncc4c(n3)N(c3ccccn3)C(=O)C(C)(C)O4)nc2)CC1. The summed E-state index contributed by atoms with van der Waals surface area (Å²) in [6, 6.07) is 9.37. The van der Waals surface area contributed by atoms with Gasteiger partial charge in [0.1, 0.15) is 11.6 Å². The van der Waals surface area contributed by atoms with Gasteiger partial charge < -0.3 is 15.0 Å². The Bertz CT molecular complexity index is 1180. The lowest BCUT2D eigenvalue weighted by molar-refractivity contribution is -0.131. The minimum Gasteiger partial charge on any atom is -0.472 e. The number of nitrogens with one attached hydrogen (secondary N) is 1. The Hall–Kier alpha value is -3.63. The zero-order valence-corrected chi connectivity index (χ0v) is 20.3. The molecule has 5 rings (SSSR count). The number of carbonyl (C=O) groups is 1. The fourth-order valence-corrected chi connectivity index (χ4v) is 4.27. The van der Waals surface area contributed by atoms with E-state index in [-0.39, 0.29) is 5.91 Å². The molecule has 10 heteroatoms. The Kier molecular flexibility index (Phi) is 6.31. The first-order chi connectivity index (χ1) is 16.9. The molecule has 0 saturated carbocycles. The van der Waals surface area contributed by atoms with E-state index in [1.807, 2.05) is 18.3 Å². The number of piperazine rings is 1. The molecule has 0 bridgehead atoms. The van der Waals surface area contributed by atoms with Gasteiger partial charge >= 0.3 is 0 Å². The van der Waals surface area contributed by atoms with Gasteiger partial charge in [-0.1, -0.05) is 19.1 Å². The van der Waals surface area contributed by atoms with Crippen molar-refractivity contribution in [2.24, 2.45) is 0 Å². The molecular weight excluding hydrogens is 444 g/mol. The molecule has 35 heavy (non-hydrogen) atoms.